The van der Waals surface area contributed by atoms with E-state index in [2.05, 4.69) is 5.32 Å². The average molecular weight is 284 g/mol. The second-order valence-corrected chi connectivity index (χ2v) is 6.17. The summed E-state index contributed by atoms with van der Waals surface area (Å²) in [6.07, 6.45) is 4.21. The molecular formula is C13H17FN2O2S. The molecule has 6 heteroatoms. The standard InChI is InChI=1S/C13H17FN2O2S/c14-11-7-10(5-6-12(11)15)19(18)8-13(17)16-9-3-1-2-4-9/h5-7,9H,1-4,8,15H2,(H,16,17). The molecule has 1 saturated carbocycles. The van der Waals surface area contributed by atoms with E-state index in [-0.39, 0.29) is 28.3 Å². The van der Waals surface area contributed by atoms with Crippen molar-refractivity contribution in [2.24, 2.45) is 0 Å². The predicted octanol–water partition coefficient (Wildman–Crippen LogP) is 1.57. The van der Waals surface area contributed by atoms with E-state index in [0.717, 1.165) is 31.7 Å². The van der Waals surface area contributed by atoms with Gasteiger partial charge in [-0.1, -0.05) is 12.8 Å². The Labute approximate surface area is 114 Å². The molecule has 1 aliphatic rings. The Hall–Kier alpha value is -1.43. The third-order valence-corrected chi connectivity index (χ3v) is 4.52. The van der Waals surface area contributed by atoms with Crippen LogP contribution in [0.3, 0.4) is 0 Å². The summed E-state index contributed by atoms with van der Waals surface area (Å²) < 4.78 is 25.2. The van der Waals surface area contributed by atoms with Gasteiger partial charge < -0.3 is 11.1 Å². The van der Waals surface area contributed by atoms with Crippen LogP contribution >= 0.6 is 0 Å². The number of anilines is 1. The summed E-state index contributed by atoms with van der Waals surface area (Å²) in [7, 11) is -1.54. The lowest BCUT2D eigenvalue weighted by Crippen LogP contribution is -2.35. The van der Waals surface area contributed by atoms with Crippen LogP contribution in [0.4, 0.5) is 10.1 Å². The first-order chi connectivity index (χ1) is 9.06. The van der Waals surface area contributed by atoms with E-state index in [1.165, 1.54) is 12.1 Å². The highest BCUT2D eigenvalue weighted by Crippen LogP contribution is 2.18. The minimum absolute atomic E-state index is 0.0103. The molecule has 4 nitrogen and oxygen atoms in total. The Morgan fingerprint density at radius 1 is 1.42 bits per heavy atom. The van der Waals surface area contributed by atoms with Crippen LogP contribution in [0.5, 0.6) is 0 Å². The number of hydrogen-bond donors (Lipinski definition) is 2. The van der Waals surface area contributed by atoms with Gasteiger partial charge in [0, 0.05) is 10.9 Å². The van der Waals surface area contributed by atoms with Gasteiger partial charge >= 0.3 is 0 Å². The lowest BCUT2D eigenvalue weighted by atomic mass is 10.2. The molecule has 1 unspecified atom stereocenters. The molecule has 1 atom stereocenters. The van der Waals surface area contributed by atoms with Crippen LogP contribution in [0, 0.1) is 5.82 Å². The molecule has 1 aromatic rings. The minimum atomic E-state index is -1.54. The SMILES string of the molecule is Nc1ccc(S(=O)CC(=O)NC2CCCC2)cc1F. The Morgan fingerprint density at radius 3 is 2.74 bits per heavy atom. The van der Waals surface area contributed by atoms with E-state index in [1.807, 2.05) is 0 Å². The van der Waals surface area contributed by atoms with Gasteiger partial charge in [-0.2, -0.15) is 0 Å². The molecule has 2 rings (SSSR count). The van der Waals surface area contributed by atoms with E-state index < -0.39 is 16.6 Å². The van der Waals surface area contributed by atoms with E-state index in [9.17, 15) is 13.4 Å². The zero-order chi connectivity index (χ0) is 13.8. The topological polar surface area (TPSA) is 72.2 Å². The molecular weight excluding hydrogens is 267 g/mol. The van der Waals surface area contributed by atoms with E-state index in [1.54, 1.807) is 0 Å². The third-order valence-electron chi connectivity index (χ3n) is 3.22. The van der Waals surface area contributed by atoms with Crippen molar-refractivity contribution in [3.63, 3.8) is 0 Å². The van der Waals surface area contributed by atoms with Crippen molar-refractivity contribution in [3.8, 4) is 0 Å². The number of benzene rings is 1. The van der Waals surface area contributed by atoms with Crippen molar-refractivity contribution in [2.75, 3.05) is 11.5 Å². The maximum atomic E-state index is 13.2. The number of nitrogens with two attached hydrogens (primary N) is 1. The maximum absolute atomic E-state index is 13.2. The molecule has 1 aromatic carbocycles. The van der Waals surface area contributed by atoms with Crippen molar-refractivity contribution in [2.45, 2.75) is 36.6 Å². The summed E-state index contributed by atoms with van der Waals surface area (Å²) in [5.41, 5.74) is 5.36. The summed E-state index contributed by atoms with van der Waals surface area (Å²) in [4.78, 5) is 12.0. The van der Waals surface area contributed by atoms with Crippen LogP contribution in [-0.2, 0) is 15.6 Å². The monoisotopic (exact) mass is 284 g/mol. The van der Waals surface area contributed by atoms with Crippen LogP contribution in [0.2, 0.25) is 0 Å². The van der Waals surface area contributed by atoms with Gasteiger partial charge in [0.05, 0.1) is 16.5 Å². The molecule has 0 saturated heterocycles. The van der Waals surface area contributed by atoms with Crippen molar-refractivity contribution in [3.05, 3.63) is 24.0 Å². The summed E-state index contributed by atoms with van der Waals surface area (Å²) in [5, 5.41) is 2.86. The van der Waals surface area contributed by atoms with Crippen molar-refractivity contribution < 1.29 is 13.4 Å². The number of amides is 1. The molecule has 0 bridgehead atoms. The molecule has 0 aliphatic heterocycles. The van der Waals surface area contributed by atoms with Crippen LogP contribution in [0.25, 0.3) is 0 Å². The fourth-order valence-electron chi connectivity index (χ4n) is 2.19. The molecule has 1 amide bonds. The second-order valence-electron chi connectivity index (χ2n) is 4.72. The number of nitrogens with one attached hydrogen (secondary N) is 1. The summed E-state index contributed by atoms with van der Waals surface area (Å²) in [6, 6.07) is 4.16. The molecule has 0 spiro atoms. The second kappa shape index (κ2) is 6.14. The van der Waals surface area contributed by atoms with Gasteiger partial charge in [0.25, 0.3) is 0 Å². The van der Waals surface area contributed by atoms with Crippen molar-refractivity contribution >= 4 is 22.4 Å². The number of rotatable bonds is 4. The van der Waals surface area contributed by atoms with E-state index in [4.69, 9.17) is 5.73 Å². The van der Waals surface area contributed by atoms with Gasteiger partial charge in [0.15, 0.2) is 0 Å². The fourth-order valence-corrected chi connectivity index (χ4v) is 3.13. The number of halogens is 1. The van der Waals surface area contributed by atoms with Gasteiger partial charge in [-0.3, -0.25) is 9.00 Å². The highest BCUT2D eigenvalue weighted by Gasteiger charge is 2.19. The third kappa shape index (κ3) is 3.76. The number of hydrogen-bond acceptors (Lipinski definition) is 3. The number of carbonyl (C=O) groups is 1. The Morgan fingerprint density at radius 2 is 2.11 bits per heavy atom. The van der Waals surface area contributed by atoms with Gasteiger partial charge in [0.1, 0.15) is 11.6 Å². The zero-order valence-corrected chi connectivity index (χ0v) is 11.3. The predicted molar refractivity (Wildman–Crippen MR) is 72.5 cm³/mol. The first-order valence-corrected chi connectivity index (χ1v) is 7.61. The normalized spacial score (nSPS) is 17.3. The van der Waals surface area contributed by atoms with Crippen LogP contribution in [-0.4, -0.2) is 21.9 Å². The molecule has 1 fully saturated rings. The molecule has 1 aliphatic carbocycles. The van der Waals surface area contributed by atoms with Gasteiger partial charge in [-0.15, -0.1) is 0 Å². The first kappa shape index (κ1) is 14.0. The quantitative estimate of drug-likeness (QED) is 0.824. The van der Waals surface area contributed by atoms with Gasteiger partial charge in [0.2, 0.25) is 5.91 Å². The Bertz CT molecular complexity index is 501. The van der Waals surface area contributed by atoms with Crippen LogP contribution in [0.15, 0.2) is 23.1 Å². The van der Waals surface area contributed by atoms with Gasteiger partial charge in [-0.05, 0) is 31.0 Å². The van der Waals surface area contributed by atoms with E-state index in [0.29, 0.717) is 0 Å². The van der Waals surface area contributed by atoms with Crippen molar-refractivity contribution in [1.82, 2.24) is 5.32 Å². The largest absolute Gasteiger partial charge is 0.396 e. The Kier molecular flexibility index (Phi) is 4.52. The fraction of sp³-hybridized carbons (Fsp3) is 0.462. The number of nitrogen functional groups attached to an aromatic ring is 1. The maximum Gasteiger partial charge on any atom is 0.233 e. The molecule has 0 aromatic heterocycles. The molecule has 0 heterocycles. The molecule has 104 valence electrons. The van der Waals surface area contributed by atoms with Crippen LogP contribution < -0.4 is 11.1 Å². The summed E-state index contributed by atoms with van der Waals surface area (Å²) >= 11 is 0. The molecule has 19 heavy (non-hydrogen) atoms. The lowest BCUT2D eigenvalue weighted by molar-refractivity contribution is -0.119. The Balaban J connectivity index is 1.92. The van der Waals surface area contributed by atoms with Crippen LogP contribution in [0.1, 0.15) is 25.7 Å². The molecule has 3 N–H and O–H groups in total. The lowest BCUT2D eigenvalue weighted by Gasteiger charge is -2.11. The van der Waals surface area contributed by atoms with Crippen molar-refractivity contribution in [1.29, 1.82) is 0 Å². The summed E-state index contributed by atoms with van der Waals surface area (Å²) in [5.74, 6) is -0.996. The minimum Gasteiger partial charge on any atom is -0.396 e. The smallest absolute Gasteiger partial charge is 0.233 e. The van der Waals surface area contributed by atoms with E-state index >= 15 is 0 Å². The summed E-state index contributed by atoms with van der Waals surface area (Å²) in [6.45, 7) is 0. The number of carbonyl (C=O) groups excluding carboxylic acids is 1. The highest BCUT2D eigenvalue weighted by molar-refractivity contribution is 7.85. The highest BCUT2D eigenvalue weighted by atomic mass is 32.2. The first-order valence-electron chi connectivity index (χ1n) is 6.29. The zero-order valence-electron chi connectivity index (χ0n) is 10.5. The average Bonchev–Trinajstić information content (AvgIpc) is 2.85. The molecule has 0 radical (unpaired) electrons. The van der Waals surface area contributed by atoms with Gasteiger partial charge in [-0.25, -0.2) is 4.39 Å².